The minimum Gasteiger partial charge on any atom is -0.274 e. The molecule has 2 bridgehead atoms. The predicted molar refractivity (Wildman–Crippen MR) is 141 cm³/mol. The molecule has 1 aromatic carbocycles. The zero-order valence-corrected chi connectivity index (χ0v) is 23.0. The minimum absolute atomic E-state index is 0.177. The molecular weight excluding hydrogens is 564 g/mol. The summed E-state index contributed by atoms with van der Waals surface area (Å²) in [6.45, 7) is -1.59. The molecule has 4 heterocycles. The van der Waals surface area contributed by atoms with Crippen molar-refractivity contribution in [3.05, 3.63) is 60.2 Å². The number of nitrogens with zero attached hydrogens (tertiary/aromatic N) is 6. The van der Waals surface area contributed by atoms with E-state index in [9.17, 15) is 25.6 Å². The molecule has 4 fully saturated rings. The second-order valence-electron chi connectivity index (χ2n) is 11.3. The monoisotopic (exact) mass is 591 g/mol. The van der Waals surface area contributed by atoms with E-state index in [0.29, 0.717) is 61.1 Å². The van der Waals surface area contributed by atoms with Gasteiger partial charge in [0, 0.05) is 17.2 Å². The van der Waals surface area contributed by atoms with E-state index in [1.807, 2.05) is 10.5 Å². The van der Waals surface area contributed by atoms with Gasteiger partial charge in [-0.15, -0.1) is 10.2 Å². The van der Waals surface area contributed by atoms with Gasteiger partial charge in [-0.05, 0) is 50.2 Å². The van der Waals surface area contributed by atoms with Gasteiger partial charge in [-0.2, -0.15) is 17.4 Å². The van der Waals surface area contributed by atoms with Crippen LogP contribution in [0, 0.1) is 0 Å². The normalized spacial score (nSPS) is 26.9. The lowest BCUT2D eigenvalue weighted by atomic mass is 9.57. The lowest BCUT2D eigenvalue weighted by Gasteiger charge is -2.53. The second-order valence-corrected chi connectivity index (χ2v) is 14.8. The summed E-state index contributed by atoms with van der Waals surface area (Å²) in [5, 5.41) is 8.85. The molecule has 40 heavy (non-hydrogen) atoms. The van der Waals surface area contributed by atoms with Gasteiger partial charge in [0.2, 0.25) is 10.0 Å². The topological polar surface area (TPSA) is 132 Å². The third-order valence-electron chi connectivity index (χ3n) is 8.75. The van der Waals surface area contributed by atoms with E-state index in [0.717, 1.165) is 4.31 Å². The van der Waals surface area contributed by atoms with Crippen molar-refractivity contribution in [2.75, 3.05) is 13.1 Å². The Morgan fingerprint density at radius 3 is 2.23 bits per heavy atom. The Kier molecular flexibility index (Phi) is 5.51. The maximum absolute atomic E-state index is 13.3. The standard InChI is InChI=1S/C25H27F2N7O4S2/c26-25(27)16-32(17-25)40(37,38)31-24-10-7-23(8-11-24,9-12-24)22-30-29-20-14-28-21-19(34(20)22)6-13-33(21)39(35,36)15-18-4-2-1-3-5-18/h1-6,13-14,31H,7-12,15-17H2. The second kappa shape index (κ2) is 8.50. The van der Waals surface area contributed by atoms with E-state index in [1.54, 1.807) is 30.3 Å². The largest absolute Gasteiger partial charge is 0.280 e. The fourth-order valence-electron chi connectivity index (χ4n) is 6.50. The molecule has 1 N–H and O–H groups in total. The molecule has 4 aromatic rings. The molecule has 0 radical (unpaired) electrons. The molecule has 0 spiro atoms. The van der Waals surface area contributed by atoms with Crippen LogP contribution in [-0.4, -0.2) is 69.2 Å². The van der Waals surface area contributed by atoms with E-state index in [1.165, 1.54) is 16.4 Å². The highest BCUT2D eigenvalue weighted by Gasteiger charge is 2.56. The van der Waals surface area contributed by atoms with Crippen LogP contribution in [0.4, 0.5) is 8.78 Å². The molecule has 8 rings (SSSR count). The van der Waals surface area contributed by atoms with Crippen LogP contribution in [0.3, 0.4) is 0 Å². The first-order valence-electron chi connectivity index (χ1n) is 13.1. The first-order valence-corrected chi connectivity index (χ1v) is 16.1. The van der Waals surface area contributed by atoms with Crippen LogP contribution < -0.4 is 4.72 Å². The smallest absolute Gasteiger partial charge is 0.274 e. The summed E-state index contributed by atoms with van der Waals surface area (Å²) in [6.07, 6.45) is 6.49. The van der Waals surface area contributed by atoms with Crippen molar-refractivity contribution in [1.29, 1.82) is 0 Å². The Labute approximate surface area is 229 Å². The number of benzene rings is 1. The average molecular weight is 592 g/mol. The summed E-state index contributed by atoms with van der Waals surface area (Å²) < 4.78 is 85.4. The number of hydrogen-bond acceptors (Lipinski definition) is 7. The first-order chi connectivity index (χ1) is 18.9. The fraction of sp³-hybridized carbons (Fsp3) is 0.480. The molecular formula is C25H27F2N7O4S2. The Morgan fingerprint density at radius 2 is 1.57 bits per heavy atom. The van der Waals surface area contributed by atoms with Crippen LogP contribution >= 0.6 is 0 Å². The zero-order valence-electron chi connectivity index (χ0n) is 21.4. The van der Waals surface area contributed by atoms with E-state index in [-0.39, 0.29) is 16.8 Å². The first kappa shape index (κ1) is 25.9. The van der Waals surface area contributed by atoms with Gasteiger partial charge in [-0.1, -0.05) is 30.3 Å². The molecule has 3 aromatic heterocycles. The van der Waals surface area contributed by atoms with Crippen molar-refractivity contribution < 1.29 is 25.6 Å². The van der Waals surface area contributed by atoms with Crippen LogP contribution in [0.15, 0.2) is 48.8 Å². The molecule has 3 aliphatic carbocycles. The van der Waals surface area contributed by atoms with Crippen LogP contribution in [-0.2, 0) is 31.4 Å². The van der Waals surface area contributed by atoms with Crippen LogP contribution in [0.25, 0.3) is 16.8 Å². The van der Waals surface area contributed by atoms with Gasteiger partial charge in [-0.3, -0.25) is 4.40 Å². The van der Waals surface area contributed by atoms with E-state index >= 15 is 0 Å². The van der Waals surface area contributed by atoms with Gasteiger partial charge >= 0.3 is 0 Å². The molecule has 0 amide bonds. The molecule has 0 unspecified atom stereocenters. The van der Waals surface area contributed by atoms with E-state index in [2.05, 4.69) is 19.9 Å². The van der Waals surface area contributed by atoms with Crippen molar-refractivity contribution in [2.45, 2.75) is 61.2 Å². The lowest BCUT2D eigenvalue weighted by molar-refractivity contribution is -0.0955. The summed E-state index contributed by atoms with van der Waals surface area (Å²) in [7, 11) is -7.76. The molecule has 4 aliphatic rings. The van der Waals surface area contributed by atoms with Crippen LogP contribution in [0.1, 0.15) is 49.9 Å². The van der Waals surface area contributed by atoms with Gasteiger partial charge in [0.1, 0.15) is 5.82 Å². The number of hydrogen-bond donors (Lipinski definition) is 1. The number of aromatic nitrogens is 5. The highest BCUT2D eigenvalue weighted by molar-refractivity contribution is 7.89. The lowest BCUT2D eigenvalue weighted by Crippen LogP contribution is -2.66. The molecule has 1 aliphatic heterocycles. The summed E-state index contributed by atoms with van der Waals surface area (Å²) in [4.78, 5) is 4.41. The SMILES string of the molecule is O=S(=O)(NC12CCC(c3nnc4cnc5c(ccn5S(=O)(=O)Cc5ccccc5)n34)(CC1)CC2)N1CC(F)(F)C1. The molecule has 3 saturated carbocycles. The summed E-state index contributed by atoms with van der Waals surface area (Å²) in [5.41, 5.74) is 0.955. The van der Waals surface area contributed by atoms with Gasteiger partial charge < -0.3 is 0 Å². The summed E-state index contributed by atoms with van der Waals surface area (Å²) >= 11 is 0. The Morgan fingerprint density at radius 1 is 0.900 bits per heavy atom. The van der Waals surface area contributed by atoms with Gasteiger partial charge in [0.05, 0.1) is 30.6 Å². The number of halogens is 2. The van der Waals surface area contributed by atoms with Gasteiger partial charge in [-0.25, -0.2) is 26.2 Å². The third-order valence-corrected chi connectivity index (χ3v) is 12.0. The minimum atomic E-state index is -4.01. The van der Waals surface area contributed by atoms with Crippen LogP contribution in [0.2, 0.25) is 0 Å². The van der Waals surface area contributed by atoms with Crippen molar-refractivity contribution >= 4 is 37.0 Å². The Hall–Kier alpha value is -3.01. The molecule has 15 heteroatoms. The van der Waals surface area contributed by atoms with E-state index < -0.39 is 44.8 Å². The predicted octanol–water partition coefficient (Wildman–Crippen LogP) is 2.59. The fourth-order valence-corrected chi connectivity index (χ4v) is 9.61. The number of fused-ring (bicyclic) bond motifs is 6. The Balaban J connectivity index is 1.18. The quantitative estimate of drug-likeness (QED) is 0.350. The molecule has 0 atom stereocenters. The number of alkyl halides is 2. The van der Waals surface area contributed by atoms with E-state index in [4.69, 9.17) is 0 Å². The zero-order chi connectivity index (χ0) is 28.0. The van der Waals surface area contributed by atoms with Gasteiger partial charge in [0.15, 0.2) is 11.3 Å². The van der Waals surface area contributed by atoms with Gasteiger partial charge in [0.25, 0.3) is 16.1 Å². The Bertz CT molecular complexity index is 1820. The number of nitrogens with one attached hydrogen (secondary N) is 1. The van der Waals surface area contributed by atoms with Crippen LogP contribution in [0.5, 0.6) is 0 Å². The highest BCUT2D eigenvalue weighted by atomic mass is 32.2. The van der Waals surface area contributed by atoms with Crippen molar-refractivity contribution in [3.8, 4) is 0 Å². The van der Waals surface area contributed by atoms with Crippen molar-refractivity contribution in [1.82, 2.24) is 32.6 Å². The van der Waals surface area contributed by atoms with Crippen molar-refractivity contribution in [3.63, 3.8) is 0 Å². The average Bonchev–Trinajstić information content (AvgIpc) is 3.53. The third kappa shape index (κ3) is 4.04. The summed E-state index contributed by atoms with van der Waals surface area (Å²) in [6, 6.07) is 10.6. The van der Waals surface area contributed by atoms with Crippen molar-refractivity contribution in [2.24, 2.45) is 0 Å². The maximum Gasteiger partial charge on any atom is 0.280 e. The summed E-state index contributed by atoms with van der Waals surface area (Å²) in [5.74, 6) is -2.45. The molecule has 11 nitrogen and oxygen atoms in total. The number of rotatable bonds is 7. The molecule has 212 valence electrons. The molecule has 1 saturated heterocycles. The highest BCUT2D eigenvalue weighted by Crippen LogP contribution is 2.53. The maximum atomic E-state index is 13.3.